The molecule has 0 atom stereocenters. The van der Waals surface area contributed by atoms with Gasteiger partial charge in [-0.05, 0) is 101 Å². The molecule has 0 amide bonds. The molecular formula is C47H32O. The number of fused-ring (bicyclic) bond motifs is 8. The van der Waals surface area contributed by atoms with E-state index in [0.717, 1.165) is 0 Å². The van der Waals surface area contributed by atoms with Crippen molar-refractivity contribution in [2.45, 2.75) is 19.3 Å². The zero-order valence-corrected chi connectivity index (χ0v) is 24.9. The molecule has 0 unspecified atom stereocenters. The van der Waals surface area contributed by atoms with Crippen molar-refractivity contribution in [3.05, 3.63) is 168 Å². The minimum absolute atomic E-state index is 0.0169. The van der Waals surface area contributed by atoms with Crippen molar-refractivity contribution in [2.24, 2.45) is 0 Å². The van der Waals surface area contributed by atoms with Crippen molar-refractivity contribution in [1.29, 1.82) is 0 Å². The van der Waals surface area contributed by atoms with Crippen LogP contribution in [-0.2, 0) is 5.41 Å². The number of para-hydroxylation sites is 1. The second kappa shape index (κ2) is 10.0. The van der Waals surface area contributed by atoms with Crippen LogP contribution in [-0.4, -0.2) is 0 Å². The van der Waals surface area contributed by atoms with Crippen molar-refractivity contribution in [1.82, 2.24) is 0 Å². The first-order chi connectivity index (χ1) is 34.4. The summed E-state index contributed by atoms with van der Waals surface area (Å²) in [6.07, 6.45) is 0. The van der Waals surface area contributed by atoms with Gasteiger partial charge in [0.1, 0.15) is 11.2 Å². The Labute approximate surface area is 316 Å². The molecule has 0 radical (unpaired) electrons. The van der Waals surface area contributed by atoms with Crippen LogP contribution in [0.3, 0.4) is 0 Å². The van der Waals surface area contributed by atoms with E-state index in [9.17, 15) is 17.8 Å². The summed E-state index contributed by atoms with van der Waals surface area (Å²) >= 11 is 0. The number of rotatable bonds is 3. The van der Waals surface area contributed by atoms with Gasteiger partial charge in [0.05, 0.1) is 35.6 Å². The van der Waals surface area contributed by atoms with Crippen LogP contribution in [0.5, 0.6) is 0 Å². The summed E-state index contributed by atoms with van der Waals surface area (Å²) in [4.78, 5) is 0. The number of hydrogen-bond acceptors (Lipinski definition) is 1. The summed E-state index contributed by atoms with van der Waals surface area (Å²) < 4.78 is 241. The highest BCUT2D eigenvalue weighted by Crippen LogP contribution is 2.50. The predicted octanol–water partition coefficient (Wildman–Crippen LogP) is 13.2. The lowest BCUT2D eigenvalue weighted by Gasteiger charge is -2.22. The minimum Gasteiger partial charge on any atom is -0.456 e. The molecule has 1 heterocycles. The largest absolute Gasteiger partial charge is 0.456 e. The summed E-state index contributed by atoms with van der Waals surface area (Å²) in [5, 5.41) is -3.63. The number of benzene rings is 8. The molecular weight excluding hydrogens is 581 g/mol. The van der Waals surface area contributed by atoms with Gasteiger partial charge in [0.2, 0.25) is 0 Å². The van der Waals surface area contributed by atoms with E-state index in [1.54, 1.807) is 0 Å². The van der Waals surface area contributed by atoms with Crippen LogP contribution in [0.2, 0.25) is 0 Å². The number of furan rings is 1. The molecule has 1 aliphatic rings. The second-order valence-corrected chi connectivity index (χ2v) is 11.6. The molecule has 0 fully saturated rings. The van der Waals surface area contributed by atoms with E-state index < -0.39 is 239 Å². The molecule has 0 saturated heterocycles. The molecule has 0 N–H and O–H groups in total. The molecule has 48 heavy (non-hydrogen) atoms. The highest BCUT2D eigenvalue weighted by molar-refractivity contribution is 6.22. The first-order valence-corrected chi connectivity index (χ1v) is 14.7. The van der Waals surface area contributed by atoms with E-state index in [1.807, 2.05) is 0 Å². The molecule has 0 spiro atoms. The first-order valence-electron chi connectivity index (χ1n) is 27.7. The third-order valence-corrected chi connectivity index (χ3v) is 8.64. The quantitative estimate of drug-likeness (QED) is 0.176. The van der Waals surface area contributed by atoms with Gasteiger partial charge in [-0.3, -0.25) is 0 Å². The smallest absolute Gasteiger partial charge is 0.135 e. The molecule has 9 aromatic rings. The molecule has 1 aromatic heterocycles. The molecule has 1 nitrogen and oxygen atoms in total. The molecule has 8 aromatic carbocycles. The monoisotopic (exact) mass is 638 g/mol. The lowest BCUT2D eigenvalue weighted by molar-refractivity contribution is 0.660. The van der Waals surface area contributed by atoms with Gasteiger partial charge >= 0.3 is 0 Å². The average molecular weight is 639 g/mol. The van der Waals surface area contributed by atoms with Crippen molar-refractivity contribution < 1.29 is 40.1 Å². The highest BCUT2D eigenvalue weighted by atomic mass is 16.3. The van der Waals surface area contributed by atoms with Gasteiger partial charge in [-0.25, -0.2) is 0 Å². The van der Waals surface area contributed by atoms with Crippen molar-refractivity contribution in [3.63, 3.8) is 0 Å². The molecule has 0 bridgehead atoms. The van der Waals surface area contributed by atoms with Crippen LogP contribution < -0.4 is 0 Å². The molecule has 1 heteroatoms. The normalized spacial score (nSPS) is 21.0. The Morgan fingerprint density at radius 2 is 0.896 bits per heavy atom. The maximum Gasteiger partial charge on any atom is 0.135 e. The molecule has 226 valence electrons. The maximum absolute atomic E-state index is 9.65. The van der Waals surface area contributed by atoms with Gasteiger partial charge in [0.15, 0.2) is 0 Å². The van der Waals surface area contributed by atoms with E-state index in [0.29, 0.717) is 0 Å². The summed E-state index contributed by atoms with van der Waals surface area (Å²) in [5.74, 6) is 0. The average Bonchev–Trinajstić information content (AvgIpc) is 3.88. The topological polar surface area (TPSA) is 13.1 Å². The third-order valence-electron chi connectivity index (χ3n) is 8.64. The van der Waals surface area contributed by atoms with Gasteiger partial charge in [0.25, 0.3) is 0 Å². The lowest BCUT2D eigenvalue weighted by atomic mass is 9.81. The highest BCUT2D eigenvalue weighted by Gasteiger charge is 2.35. The van der Waals surface area contributed by atoms with Crippen LogP contribution in [0, 0.1) is 0 Å². The zero-order chi connectivity index (χ0) is 54.6. The van der Waals surface area contributed by atoms with Crippen LogP contribution in [0.25, 0.3) is 88.0 Å². The molecule has 1 aliphatic carbocycles. The van der Waals surface area contributed by atoms with Gasteiger partial charge in [0, 0.05) is 16.2 Å². The van der Waals surface area contributed by atoms with Crippen LogP contribution >= 0.6 is 0 Å². The molecule has 0 aliphatic heterocycles. The van der Waals surface area contributed by atoms with Crippen molar-refractivity contribution in [3.8, 4) is 44.5 Å². The molecule has 0 saturated carbocycles. The van der Waals surface area contributed by atoms with Crippen molar-refractivity contribution >= 4 is 43.5 Å². The van der Waals surface area contributed by atoms with Crippen LogP contribution in [0.4, 0.5) is 0 Å². The predicted molar refractivity (Wildman–Crippen MR) is 203 cm³/mol. The van der Waals surface area contributed by atoms with E-state index in [1.165, 1.54) is 13.8 Å². The van der Waals surface area contributed by atoms with Gasteiger partial charge in [-0.15, -0.1) is 0 Å². The second-order valence-electron chi connectivity index (χ2n) is 11.6. The van der Waals surface area contributed by atoms with Gasteiger partial charge in [-0.2, -0.15) is 0 Å². The van der Waals surface area contributed by atoms with E-state index in [-0.39, 0.29) is 22.3 Å². The Bertz CT molecular complexity index is 4120. The fourth-order valence-electron chi connectivity index (χ4n) is 6.40. The standard InChI is InChI=1S/C47H32O/c1-47(2)41-17-9-7-11-33(41)34-25-23-31(28-42(34)47)29-19-21-30(22-20-29)45-36-13-3-5-15-38(36)46(39-16-6-4-14-37(39)45)32-24-26-44-40(27-32)35-12-8-10-18-43(35)48-44/h3-28H,1-2H3/i3D,4D,5D,6D,7D,8D,9D,10D,11D,12D,13D,14D,15D,16D,17D,18D,19D,20D,21D,22D,23D,24D,25D,26D,27D,28D. The Morgan fingerprint density at radius 1 is 0.396 bits per heavy atom. The van der Waals surface area contributed by atoms with E-state index >= 15 is 0 Å². The Kier molecular flexibility index (Phi) is 2.50. The van der Waals surface area contributed by atoms with Gasteiger partial charge < -0.3 is 4.42 Å². The van der Waals surface area contributed by atoms with Crippen LogP contribution in [0.1, 0.15) is 60.6 Å². The fraction of sp³-hybridized carbons (Fsp3) is 0.0638. The SMILES string of the molecule is [2H]c1c([2H])c([2H])c2c(c1[2H])-c1c([2H])c([2H])c(-c3c([2H])c([2H])c(-c4c5c([2H])c([2H])c([2H])c([2H])c5c(-c5c([2H])c([2H])c6oc7c([2H])c([2H])c([2H])c([2H])c7c6c5[2H])c5c([2H])c([2H])c([2H])c([2H])c45)c([2H])c3[2H])c([2H])c1C2(C)C. The summed E-state index contributed by atoms with van der Waals surface area (Å²) in [6, 6.07) is -21.5. The van der Waals surface area contributed by atoms with Crippen molar-refractivity contribution in [2.75, 3.05) is 0 Å². The molecule has 10 rings (SSSR count). The summed E-state index contributed by atoms with van der Waals surface area (Å²) in [6.45, 7) is 3.06. The van der Waals surface area contributed by atoms with Gasteiger partial charge in [-0.1, -0.05) is 147 Å². The lowest BCUT2D eigenvalue weighted by Crippen LogP contribution is -2.14. The Morgan fingerprint density at radius 3 is 1.60 bits per heavy atom. The Balaban J connectivity index is 1.40. The summed E-state index contributed by atoms with van der Waals surface area (Å²) in [7, 11) is 0. The third kappa shape index (κ3) is 3.85. The van der Waals surface area contributed by atoms with E-state index in [2.05, 4.69) is 0 Å². The fourth-order valence-corrected chi connectivity index (χ4v) is 6.40. The summed E-state index contributed by atoms with van der Waals surface area (Å²) in [5.41, 5.74) is -7.06. The van der Waals surface area contributed by atoms with E-state index in [4.69, 9.17) is 22.2 Å². The number of hydrogen-bond donors (Lipinski definition) is 0. The maximum atomic E-state index is 9.65. The Hall–Kier alpha value is -5.92. The zero-order valence-electron chi connectivity index (χ0n) is 50.9. The first kappa shape index (κ1) is 12.0. The van der Waals surface area contributed by atoms with Crippen LogP contribution in [0.15, 0.2) is 162 Å². The minimum atomic E-state index is -1.46.